The van der Waals surface area contributed by atoms with Crippen molar-refractivity contribution in [3.05, 3.63) is 92.8 Å². The lowest BCUT2D eigenvalue weighted by molar-refractivity contribution is -0.116. The van der Waals surface area contributed by atoms with Gasteiger partial charge in [0.15, 0.2) is 5.78 Å². The summed E-state index contributed by atoms with van der Waals surface area (Å²) >= 11 is 8.26. The molecule has 0 unspecified atom stereocenters. The van der Waals surface area contributed by atoms with Gasteiger partial charge in [-0.05, 0) is 41.6 Å². The van der Waals surface area contributed by atoms with E-state index in [-0.39, 0.29) is 17.7 Å². The monoisotopic (exact) mass is 406 g/mol. The number of rotatable bonds is 2. The van der Waals surface area contributed by atoms with Crippen molar-refractivity contribution in [3.8, 4) is 0 Å². The predicted molar refractivity (Wildman–Crippen MR) is 116 cm³/mol. The summed E-state index contributed by atoms with van der Waals surface area (Å²) in [4.78, 5) is 14.6. The van der Waals surface area contributed by atoms with Crippen molar-refractivity contribution >= 4 is 40.1 Å². The van der Waals surface area contributed by atoms with Crippen LogP contribution in [0.1, 0.15) is 35.2 Å². The van der Waals surface area contributed by atoms with E-state index in [0.717, 1.165) is 34.6 Å². The van der Waals surface area contributed by atoms with Gasteiger partial charge in [-0.2, -0.15) is 0 Å². The Morgan fingerprint density at radius 2 is 1.71 bits per heavy atom. The lowest BCUT2D eigenvalue weighted by Crippen LogP contribution is -2.26. The van der Waals surface area contributed by atoms with E-state index in [0.29, 0.717) is 11.4 Å². The number of halogens is 1. The lowest BCUT2D eigenvalue weighted by Gasteiger charge is -2.29. The van der Waals surface area contributed by atoms with Crippen molar-refractivity contribution in [1.82, 2.24) is 0 Å². The van der Waals surface area contributed by atoms with Crippen LogP contribution in [0.4, 0.5) is 11.4 Å². The Labute approximate surface area is 173 Å². The summed E-state index contributed by atoms with van der Waals surface area (Å²) in [7, 11) is 0. The van der Waals surface area contributed by atoms with Gasteiger partial charge < -0.3 is 10.6 Å². The Kier molecular flexibility index (Phi) is 4.46. The number of anilines is 2. The molecule has 0 spiro atoms. The maximum atomic E-state index is 13.4. The van der Waals surface area contributed by atoms with Gasteiger partial charge >= 0.3 is 0 Å². The molecule has 2 heterocycles. The van der Waals surface area contributed by atoms with Crippen LogP contribution in [0, 0.1) is 0 Å². The van der Waals surface area contributed by atoms with Gasteiger partial charge in [0, 0.05) is 33.5 Å². The number of nitrogens with one attached hydrogen (secondary N) is 2. The molecular weight excluding hydrogens is 388 g/mol. The maximum absolute atomic E-state index is 13.4. The minimum Gasteiger partial charge on any atom is -0.372 e. The van der Waals surface area contributed by atoms with Gasteiger partial charge in [0.05, 0.1) is 17.4 Å². The fraction of sp³-hybridized carbons (Fsp3) is 0.174. The summed E-state index contributed by atoms with van der Waals surface area (Å²) in [6, 6.07) is 19.8. The number of para-hydroxylation sites is 2. The third-order valence-corrected chi connectivity index (χ3v) is 6.85. The zero-order valence-corrected chi connectivity index (χ0v) is 16.7. The number of fused-ring (bicyclic) bond motifs is 1. The summed E-state index contributed by atoms with van der Waals surface area (Å²) in [5.41, 5.74) is 4.69. The molecule has 3 nitrogen and oxygen atoms in total. The van der Waals surface area contributed by atoms with Crippen LogP contribution < -0.4 is 10.6 Å². The molecule has 2 N–H and O–H groups in total. The van der Waals surface area contributed by atoms with E-state index in [1.54, 1.807) is 11.3 Å². The second kappa shape index (κ2) is 7.12. The average Bonchev–Trinajstić information content (AvgIpc) is 3.17. The van der Waals surface area contributed by atoms with Gasteiger partial charge in [0.25, 0.3) is 0 Å². The smallest absolute Gasteiger partial charge is 0.163 e. The average molecular weight is 407 g/mol. The first-order valence-corrected chi connectivity index (χ1v) is 10.6. The minimum atomic E-state index is -0.267. The number of hydrogen-bond donors (Lipinski definition) is 2. The van der Waals surface area contributed by atoms with Crippen molar-refractivity contribution < 1.29 is 4.79 Å². The molecule has 0 amide bonds. The Bertz CT molecular complexity index is 1070. The van der Waals surface area contributed by atoms with Crippen molar-refractivity contribution in [3.63, 3.8) is 0 Å². The third kappa shape index (κ3) is 3.03. The topological polar surface area (TPSA) is 41.1 Å². The van der Waals surface area contributed by atoms with Gasteiger partial charge in [0.2, 0.25) is 0 Å². The number of ketones is 1. The fourth-order valence-electron chi connectivity index (χ4n) is 4.16. The van der Waals surface area contributed by atoms with Crippen molar-refractivity contribution in [2.45, 2.75) is 24.8 Å². The molecule has 0 saturated heterocycles. The number of benzene rings is 2. The zero-order valence-electron chi connectivity index (χ0n) is 15.1. The van der Waals surface area contributed by atoms with Crippen LogP contribution in [0.5, 0.6) is 0 Å². The summed E-state index contributed by atoms with van der Waals surface area (Å²) in [5, 5.41) is 9.88. The highest BCUT2D eigenvalue weighted by molar-refractivity contribution is 7.10. The van der Waals surface area contributed by atoms with E-state index >= 15 is 0 Å². The molecule has 3 aromatic rings. The Morgan fingerprint density at radius 3 is 2.50 bits per heavy atom. The molecular formula is C23H19ClN2OS. The van der Waals surface area contributed by atoms with Crippen LogP contribution in [-0.4, -0.2) is 5.78 Å². The minimum absolute atomic E-state index is 0.178. The number of carbonyl (C=O) groups is 1. The summed E-state index contributed by atoms with van der Waals surface area (Å²) in [5.74, 6) is 0.397. The molecule has 0 saturated carbocycles. The summed E-state index contributed by atoms with van der Waals surface area (Å²) in [6.45, 7) is 0. The molecule has 5 heteroatoms. The van der Waals surface area contributed by atoms with Crippen molar-refractivity contribution in [1.29, 1.82) is 0 Å². The zero-order chi connectivity index (χ0) is 19.1. The van der Waals surface area contributed by atoms with Gasteiger partial charge in [-0.15, -0.1) is 11.3 Å². The molecule has 2 aromatic carbocycles. The molecule has 0 bridgehead atoms. The highest BCUT2D eigenvalue weighted by Gasteiger charge is 2.36. The number of hydrogen-bond acceptors (Lipinski definition) is 4. The number of thiophene rings is 1. The summed E-state index contributed by atoms with van der Waals surface area (Å²) in [6.07, 6.45) is 1.35. The van der Waals surface area contributed by atoms with Crippen LogP contribution in [0.15, 0.2) is 77.3 Å². The second-order valence-electron chi connectivity index (χ2n) is 7.21. The molecule has 140 valence electrons. The lowest BCUT2D eigenvalue weighted by atomic mass is 9.81. The standard InChI is InChI=1S/C23H19ClN2OS/c24-16-7-2-1-6-15(16)23-22-19(25-17-8-3-4-9-18(17)26-23)12-14(13-20(22)27)21-10-5-11-28-21/h1-11,14,23,25-26H,12-13H2/t14-,23-/m1/s1. The van der Waals surface area contributed by atoms with Crippen LogP contribution in [-0.2, 0) is 4.79 Å². The normalized spacial score (nSPS) is 21.2. The van der Waals surface area contributed by atoms with E-state index < -0.39 is 0 Å². The highest BCUT2D eigenvalue weighted by atomic mass is 35.5. The Balaban J connectivity index is 1.65. The van der Waals surface area contributed by atoms with Gasteiger partial charge in [-0.3, -0.25) is 4.79 Å². The first-order chi connectivity index (χ1) is 13.7. The summed E-state index contributed by atoms with van der Waals surface area (Å²) < 4.78 is 0. The van der Waals surface area contributed by atoms with E-state index in [2.05, 4.69) is 28.1 Å². The molecule has 0 fully saturated rings. The third-order valence-electron chi connectivity index (χ3n) is 5.47. The maximum Gasteiger partial charge on any atom is 0.163 e. The van der Waals surface area contributed by atoms with Gasteiger partial charge in [-0.25, -0.2) is 0 Å². The Morgan fingerprint density at radius 1 is 0.929 bits per heavy atom. The predicted octanol–water partition coefficient (Wildman–Crippen LogP) is 6.38. The van der Waals surface area contributed by atoms with E-state index in [1.807, 2.05) is 48.5 Å². The van der Waals surface area contributed by atoms with Crippen LogP contribution in [0.2, 0.25) is 5.02 Å². The van der Waals surface area contributed by atoms with E-state index in [4.69, 9.17) is 11.6 Å². The van der Waals surface area contributed by atoms with E-state index in [9.17, 15) is 4.79 Å². The molecule has 2 atom stereocenters. The van der Waals surface area contributed by atoms with E-state index in [1.165, 1.54) is 4.88 Å². The molecule has 5 rings (SSSR count). The quantitative estimate of drug-likeness (QED) is 0.518. The highest BCUT2D eigenvalue weighted by Crippen LogP contribution is 2.45. The largest absolute Gasteiger partial charge is 0.372 e. The van der Waals surface area contributed by atoms with Crippen molar-refractivity contribution in [2.75, 3.05) is 10.6 Å². The SMILES string of the molecule is O=C1C[C@H](c2cccs2)CC2=C1[C@@H](c1ccccc1Cl)Nc1ccccc1N2. The molecule has 1 aromatic heterocycles. The van der Waals surface area contributed by atoms with Crippen LogP contribution in [0.25, 0.3) is 0 Å². The fourth-order valence-corrected chi connectivity index (χ4v) is 5.23. The van der Waals surface area contributed by atoms with Crippen molar-refractivity contribution in [2.24, 2.45) is 0 Å². The van der Waals surface area contributed by atoms with Gasteiger partial charge in [-0.1, -0.05) is 48.0 Å². The van der Waals surface area contributed by atoms with Crippen LogP contribution in [0.3, 0.4) is 0 Å². The van der Waals surface area contributed by atoms with Gasteiger partial charge in [0.1, 0.15) is 0 Å². The Hall–Kier alpha value is -2.56. The molecule has 0 radical (unpaired) electrons. The number of allylic oxidation sites excluding steroid dienone is 1. The van der Waals surface area contributed by atoms with Crippen LogP contribution >= 0.6 is 22.9 Å². The first kappa shape index (κ1) is 17.5. The second-order valence-corrected chi connectivity index (χ2v) is 8.59. The molecule has 1 aliphatic carbocycles. The number of Topliss-reactive ketones (excluding diaryl/α,β-unsaturated/α-hetero) is 1. The first-order valence-electron chi connectivity index (χ1n) is 9.37. The number of carbonyl (C=O) groups excluding carboxylic acids is 1. The molecule has 28 heavy (non-hydrogen) atoms. The molecule has 1 aliphatic heterocycles. The molecule has 2 aliphatic rings.